The maximum absolute atomic E-state index is 2.96. The van der Waals surface area contributed by atoms with E-state index in [2.05, 4.69) is 92.5 Å². The van der Waals surface area contributed by atoms with E-state index in [1.54, 1.807) is 0 Å². The third kappa shape index (κ3) is 6.28. The van der Waals surface area contributed by atoms with Crippen LogP contribution >= 0.6 is 45.2 Å². The molecule has 22 heavy (non-hydrogen) atoms. The molecule has 0 saturated heterocycles. The predicted octanol–water partition coefficient (Wildman–Crippen LogP) is 4.31. The van der Waals surface area contributed by atoms with Crippen LogP contribution < -0.4 is 0 Å². The molecule has 0 nitrogen and oxygen atoms in total. The summed E-state index contributed by atoms with van der Waals surface area (Å²) in [6.07, 6.45) is 0. The highest BCUT2D eigenvalue weighted by Gasteiger charge is 1.86. The molecule has 0 bridgehead atoms. The topological polar surface area (TPSA) is 0 Å². The summed E-state index contributed by atoms with van der Waals surface area (Å²) in [6, 6.07) is 15.9. The van der Waals surface area contributed by atoms with Gasteiger partial charge in [-0.05, 0) is 129 Å². The monoisotopic (exact) mass is 502 g/mol. The first-order chi connectivity index (χ1) is 10.7. The van der Waals surface area contributed by atoms with E-state index in [-0.39, 0.29) is 0 Å². The third-order valence-corrected chi connectivity index (χ3v) is 3.85. The van der Waals surface area contributed by atoms with Crippen LogP contribution in [0.25, 0.3) is 0 Å². The molecule has 2 heteroatoms. The van der Waals surface area contributed by atoms with E-state index >= 15 is 0 Å². The van der Waals surface area contributed by atoms with Crippen molar-refractivity contribution in [2.24, 2.45) is 0 Å². The molecule has 102 valence electrons. The molecule has 0 unspecified atom stereocenters. The van der Waals surface area contributed by atoms with Crippen LogP contribution in [0.1, 0.15) is 11.1 Å². The predicted molar refractivity (Wildman–Crippen MR) is 108 cm³/mol. The van der Waals surface area contributed by atoms with Crippen molar-refractivity contribution in [2.75, 3.05) is 0 Å². The first-order valence-electron chi connectivity index (χ1n) is 6.27. The maximum atomic E-state index is 2.96. The number of hydrogen-bond acceptors (Lipinski definition) is 0. The Hall–Kier alpha value is -1.86. The third-order valence-electron chi connectivity index (χ3n) is 2.41. The average Bonchev–Trinajstić information content (AvgIpc) is 2.53. The molecule has 0 spiro atoms. The van der Waals surface area contributed by atoms with Gasteiger partial charge in [0.15, 0.2) is 0 Å². The summed E-state index contributed by atoms with van der Waals surface area (Å²) in [5, 5.41) is 0. The molecule has 2 rings (SSSR count). The highest BCUT2D eigenvalue weighted by Crippen LogP contribution is 2.05. The maximum Gasteiger partial charge on any atom is 0.0256 e. The van der Waals surface area contributed by atoms with Crippen molar-refractivity contribution in [3.05, 3.63) is 66.8 Å². The Morgan fingerprint density at radius 1 is 0.455 bits per heavy atom. The van der Waals surface area contributed by atoms with Crippen LogP contribution in [0, 0.1) is 54.5 Å². The van der Waals surface area contributed by atoms with E-state index in [9.17, 15) is 0 Å². The van der Waals surface area contributed by atoms with Gasteiger partial charge in [-0.1, -0.05) is 11.8 Å². The molecular weight excluding hydrogens is 494 g/mol. The Labute approximate surface area is 158 Å². The summed E-state index contributed by atoms with van der Waals surface area (Å²) >= 11 is 4.52. The number of rotatable bonds is 0. The molecule has 0 atom stereocenters. The number of halogens is 2. The molecule has 0 N–H and O–H groups in total. The van der Waals surface area contributed by atoms with E-state index < -0.39 is 0 Å². The van der Waals surface area contributed by atoms with Crippen molar-refractivity contribution in [3.63, 3.8) is 0 Å². The summed E-state index contributed by atoms with van der Waals surface area (Å²) in [7, 11) is 0. The average molecular weight is 502 g/mol. The highest BCUT2D eigenvalue weighted by molar-refractivity contribution is 14.1. The molecule has 0 fully saturated rings. The minimum absolute atomic E-state index is 0.946. The molecule has 0 saturated carbocycles. The molecule has 2 aromatic carbocycles. The van der Waals surface area contributed by atoms with Gasteiger partial charge >= 0.3 is 0 Å². The molecule has 0 aliphatic rings. The van der Waals surface area contributed by atoms with E-state index in [1.807, 2.05) is 48.5 Å². The lowest BCUT2D eigenvalue weighted by atomic mass is 10.2. The van der Waals surface area contributed by atoms with Crippen molar-refractivity contribution in [1.82, 2.24) is 0 Å². The van der Waals surface area contributed by atoms with Gasteiger partial charge in [-0.2, -0.15) is 0 Å². The van der Waals surface area contributed by atoms with Crippen LogP contribution in [-0.4, -0.2) is 0 Å². The lowest BCUT2D eigenvalue weighted by Crippen LogP contribution is -1.73. The highest BCUT2D eigenvalue weighted by atomic mass is 127. The SMILES string of the molecule is Ic1ccc(C#CC#CC#CC#Cc2ccc(I)cc2)cc1. The minimum atomic E-state index is 0.946. The minimum Gasteiger partial charge on any atom is -0.0528 e. The molecule has 0 radical (unpaired) electrons. The lowest BCUT2D eigenvalue weighted by molar-refractivity contribution is 1.60. The second-order valence-corrected chi connectivity index (χ2v) is 6.51. The summed E-state index contributed by atoms with van der Waals surface area (Å²) in [6.45, 7) is 0. The Bertz CT molecular complexity index is 810. The van der Waals surface area contributed by atoms with Gasteiger partial charge in [0.25, 0.3) is 0 Å². The van der Waals surface area contributed by atoms with Crippen molar-refractivity contribution < 1.29 is 0 Å². The van der Waals surface area contributed by atoms with E-state index in [1.165, 1.54) is 7.14 Å². The van der Waals surface area contributed by atoms with Crippen molar-refractivity contribution >= 4 is 45.2 Å². The second-order valence-electron chi connectivity index (χ2n) is 4.01. The lowest BCUT2D eigenvalue weighted by Gasteiger charge is -1.88. The van der Waals surface area contributed by atoms with Gasteiger partial charge in [0.05, 0.1) is 0 Å². The van der Waals surface area contributed by atoms with Crippen LogP contribution in [0.3, 0.4) is 0 Å². The summed E-state index contributed by atoms with van der Waals surface area (Å²) in [4.78, 5) is 0. The fourth-order valence-electron chi connectivity index (χ4n) is 1.40. The van der Waals surface area contributed by atoms with Gasteiger partial charge in [-0.15, -0.1) is 0 Å². The molecule has 0 aliphatic heterocycles. The molecule has 0 aliphatic carbocycles. The van der Waals surface area contributed by atoms with Gasteiger partial charge in [0.2, 0.25) is 0 Å². The fraction of sp³-hybridized carbons (Fsp3) is 0. The Morgan fingerprint density at radius 3 is 1.14 bits per heavy atom. The quantitative estimate of drug-likeness (QED) is 0.373. The van der Waals surface area contributed by atoms with E-state index in [0.29, 0.717) is 0 Å². The van der Waals surface area contributed by atoms with Gasteiger partial charge < -0.3 is 0 Å². The van der Waals surface area contributed by atoms with E-state index in [4.69, 9.17) is 0 Å². The number of hydrogen-bond donors (Lipinski definition) is 0. The van der Waals surface area contributed by atoms with Crippen molar-refractivity contribution in [3.8, 4) is 47.4 Å². The first kappa shape index (κ1) is 16.5. The Kier molecular flexibility index (Phi) is 6.92. The Balaban J connectivity index is 1.93. The molecule has 0 aromatic heterocycles. The number of benzene rings is 2. The van der Waals surface area contributed by atoms with Gasteiger partial charge in [0, 0.05) is 18.3 Å². The second kappa shape index (κ2) is 9.22. The first-order valence-corrected chi connectivity index (χ1v) is 8.43. The standard InChI is InChI=1S/C20H8I2/c21-19-13-9-17(10-14-19)7-5-3-1-2-4-6-8-18-11-15-20(22)16-12-18/h9-16H. The van der Waals surface area contributed by atoms with Crippen LogP contribution in [0.15, 0.2) is 48.5 Å². The zero-order chi connectivity index (χ0) is 15.6. The van der Waals surface area contributed by atoms with Crippen LogP contribution in [0.5, 0.6) is 0 Å². The van der Waals surface area contributed by atoms with Crippen LogP contribution in [-0.2, 0) is 0 Å². The molecule has 2 aromatic rings. The van der Waals surface area contributed by atoms with Crippen LogP contribution in [0.2, 0.25) is 0 Å². The summed E-state index contributed by atoms with van der Waals surface area (Å²) < 4.78 is 2.37. The fourth-order valence-corrected chi connectivity index (χ4v) is 2.12. The van der Waals surface area contributed by atoms with Crippen LogP contribution in [0.4, 0.5) is 0 Å². The van der Waals surface area contributed by atoms with E-state index in [0.717, 1.165) is 11.1 Å². The zero-order valence-corrected chi connectivity index (χ0v) is 15.7. The van der Waals surface area contributed by atoms with Crippen molar-refractivity contribution in [2.45, 2.75) is 0 Å². The summed E-state index contributed by atoms with van der Waals surface area (Å²) in [5.41, 5.74) is 1.89. The smallest absolute Gasteiger partial charge is 0.0256 e. The molecular formula is C20H8I2. The largest absolute Gasteiger partial charge is 0.0528 e. The molecule has 0 heterocycles. The summed E-state index contributed by atoms with van der Waals surface area (Å²) in [5.74, 6) is 22.2. The van der Waals surface area contributed by atoms with Gasteiger partial charge in [-0.25, -0.2) is 0 Å². The Morgan fingerprint density at radius 2 is 0.773 bits per heavy atom. The van der Waals surface area contributed by atoms with Gasteiger partial charge in [0.1, 0.15) is 0 Å². The molecule has 0 amide bonds. The van der Waals surface area contributed by atoms with Gasteiger partial charge in [-0.3, -0.25) is 0 Å². The van der Waals surface area contributed by atoms with Crippen molar-refractivity contribution in [1.29, 1.82) is 0 Å². The normalized spacial score (nSPS) is 7.91. The zero-order valence-electron chi connectivity index (χ0n) is 11.4.